The normalized spacial score (nSPS) is 13.6. The van der Waals surface area contributed by atoms with Crippen molar-refractivity contribution in [3.8, 4) is 0 Å². The van der Waals surface area contributed by atoms with Gasteiger partial charge in [0.25, 0.3) is 6.71 Å². The first-order chi connectivity index (χ1) is 28.0. The second-order valence-electron chi connectivity index (χ2n) is 19.7. The van der Waals surface area contributed by atoms with E-state index in [0.717, 1.165) is 45.5 Å². The number of hydrogen-bond donors (Lipinski definition) is 0. The average Bonchev–Trinajstić information content (AvgIpc) is 3.53. The number of para-hydroxylation sites is 2. The van der Waals surface area contributed by atoms with Gasteiger partial charge in [-0.2, -0.15) is 0 Å². The van der Waals surface area contributed by atoms with Gasteiger partial charge in [0.2, 0.25) is 5.88 Å². The number of furan rings is 1. The van der Waals surface area contributed by atoms with Crippen LogP contribution in [0, 0.1) is 13.8 Å². The molecule has 0 saturated heterocycles. The maximum absolute atomic E-state index is 7.56. The highest BCUT2D eigenvalue weighted by Gasteiger charge is 2.48. The molecule has 7 aromatic rings. The SMILES string of the molecule is Cc1cc2c3c(c1)N(c1ccc(C(C)(C)C)cc1)c1c(oc(N(c4ccccc4)c4ccccc4)c1C)B3c1cc(C(C)(C)C)ccc1N2c1ccc(C(C)(C)C)cc1. The maximum atomic E-state index is 7.56. The van der Waals surface area contributed by atoms with E-state index in [1.54, 1.807) is 0 Å². The predicted octanol–water partition coefficient (Wildman–Crippen LogP) is 13.3. The van der Waals surface area contributed by atoms with Crippen LogP contribution < -0.4 is 31.3 Å². The standard InChI is InChI=1S/C54H56BN3O/c1-35-32-46-48-47(33-35)58(43-29-24-38(25-30-43)53(6,7)8)49-36(2)51(56(40-18-14-12-15-19-40)41-20-16-13-17-21-41)59-50(49)55(48)44-34-39(54(9,10)11)26-31-45(44)57(46)42-27-22-37(23-28-42)52(3,4)5/h12-34H,1-11H3. The van der Waals surface area contributed by atoms with Crippen molar-refractivity contribution in [1.82, 2.24) is 0 Å². The van der Waals surface area contributed by atoms with E-state index in [1.165, 1.54) is 50.2 Å². The van der Waals surface area contributed by atoms with Gasteiger partial charge in [-0.3, -0.25) is 4.90 Å². The highest BCUT2D eigenvalue weighted by atomic mass is 16.4. The van der Waals surface area contributed by atoms with Crippen molar-refractivity contribution in [3.05, 3.63) is 167 Å². The molecule has 0 N–H and O–H groups in total. The molecule has 0 saturated carbocycles. The van der Waals surface area contributed by atoms with Crippen LogP contribution in [0.2, 0.25) is 0 Å². The zero-order chi connectivity index (χ0) is 41.6. The molecule has 0 amide bonds. The summed E-state index contributed by atoms with van der Waals surface area (Å²) in [7, 11) is 0. The minimum absolute atomic E-state index is 0.0291. The summed E-state index contributed by atoms with van der Waals surface area (Å²) in [6.07, 6.45) is 0. The van der Waals surface area contributed by atoms with Gasteiger partial charge in [0.1, 0.15) is 5.66 Å². The molecule has 4 nitrogen and oxygen atoms in total. The fraction of sp³-hybridized carbons (Fsp3) is 0.259. The first-order valence-corrected chi connectivity index (χ1v) is 21.1. The zero-order valence-corrected chi connectivity index (χ0v) is 36.6. The monoisotopic (exact) mass is 773 g/mol. The third-order valence-electron chi connectivity index (χ3n) is 12.3. The Bertz CT molecular complexity index is 2640. The summed E-state index contributed by atoms with van der Waals surface area (Å²) in [5.74, 6) is 0.823. The fourth-order valence-electron chi connectivity index (χ4n) is 9.07. The Morgan fingerprint density at radius 2 is 0.949 bits per heavy atom. The zero-order valence-electron chi connectivity index (χ0n) is 36.6. The van der Waals surface area contributed by atoms with Crippen LogP contribution in [0.4, 0.5) is 51.4 Å². The van der Waals surface area contributed by atoms with Gasteiger partial charge >= 0.3 is 0 Å². The van der Waals surface area contributed by atoms with E-state index in [-0.39, 0.29) is 23.0 Å². The van der Waals surface area contributed by atoms with E-state index in [9.17, 15) is 0 Å². The lowest BCUT2D eigenvalue weighted by Gasteiger charge is -2.43. The molecule has 9 rings (SSSR count). The summed E-state index contributed by atoms with van der Waals surface area (Å²) in [5, 5.41) is 0. The lowest BCUT2D eigenvalue weighted by Crippen LogP contribution is -2.61. The van der Waals surface area contributed by atoms with Crippen molar-refractivity contribution < 1.29 is 4.42 Å². The topological polar surface area (TPSA) is 22.9 Å². The van der Waals surface area contributed by atoms with Crippen LogP contribution in [0.15, 0.2) is 144 Å². The first kappa shape index (κ1) is 38.6. The van der Waals surface area contributed by atoms with E-state index < -0.39 is 0 Å². The number of fused-ring (bicyclic) bond motifs is 4. The number of nitrogens with zero attached hydrogens (tertiary/aromatic N) is 3. The van der Waals surface area contributed by atoms with Crippen LogP contribution in [0.5, 0.6) is 0 Å². The highest BCUT2D eigenvalue weighted by molar-refractivity contribution is 6.99. The summed E-state index contributed by atoms with van der Waals surface area (Å²) in [5.41, 5.74) is 18.7. The van der Waals surface area contributed by atoms with E-state index in [1.807, 2.05) is 0 Å². The van der Waals surface area contributed by atoms with Crippen LogP contribution in [0.1, 0.15) is 90.1 Å². The quantitative estimate of drug-likeness (QED) is 0.163. The van der Waals surface area contributed by atoms with E-state index in [4.69, 9.17) is 4.42 Å². The van der Waals surface area contributed by atoms with Crippen molar-refractivity contribution >= 4 is 74.7 Å². The molecule has 2 aliphatic rings. The average molecular weight is 774 g/mol. The van der Waals surface area contributed by atoms with E-state index in [0.29, 0.717) is 0 Å². The van der Waals surface area contributed by atoms with Crippen molar-refractivity contribution in [1.29, 1.82) is 0 Å². The second-order valence-corrected chi connectivity index (χ2v) is 19.7. The molecule has 59 heavy (non-hydrogen) atoms. The van der Waals surface area contributed by atoms with Crippen molar-refractivity contribution in [2.75, 3.05) is 14.7 Å². The third-order valence-corrected chi connectivity index (χ3v) is 12.3. The largest absolute Gasteiger partial charge is 0.452 e. The van der Waals surface area contributed by atoms with Crippen LogP contribution >= 0.6 is 0 Å². The second kappa shape index (κ2) is 13.8. The number of benzene rings is 6. The van der Waals surface area contributed by atoms with Crippen molar-refractivity contribution in [2.24, 2.45) is 0 Å². The predicted molar refractivity (Wildman–Crippen MR) is 253 cm³/mol. The Morgan fingerprint density at radius 3 is 1.44 bits per heavy atom. The van der Waals surface area contributed by atoms with Gasteiger partial charge in [0.15, 0.2) is 0 Å². The number of anilines is 9. The molecule has 1 aromatic heterocycles. The smallest absolute Gasteiger partial charge is 0.297 e. The summed E-state index contributed by atoms with van der Waals surface area (Å²) in [6, 6.07) is 51.6. The van der Waals surface area contributed by atoms with Crippen LogP contribution in [0.3, 0.4) is 0 Å². The summed E-state index contributed by atoms with van der Waals surface area (Å²) < 4.78 is 7.56. The summed E-state index contributed by atoms with van der Waals surface area (Å²) >= 11 is 0. The molecule has 3 heterocycles. The van der Waals surface area contributed by atoms with Gasteiger partial charge in [0, 0.05) is 45.4 Å². The minimum Gasteiger partial charge on any atom is -0.452 e. The lowest BCUT2D eigenvalue weighted by atomic mass is 9.35. The van der Waals surface area contributed by atoms with Crippen LogP contribution in [-0.2, 0) is 16.2 Å². The molecule has 6 aromatic carbocycles. The molecule has 0 atom stereocenters. The maximum Gasteiger partial charge on any atom is 0.297 e. The molecule has 0 bridgehead atoms. The minimum atomic E-state index is -0.149. The molecular weight excluding hydrogens is 717 g/mol. The highest BCUT2D eigenvalue weighted by Crippen LogP contribution is 2.50. The van der Waals surface area contributed by atoms with Crippen LogP contribution in [-0.4, -0.2) is 6.71 Å². The molecule has 0 spiro atoms. The Kier molecular flexibility index (Phi) is 9.05. The summed E-state index contributed by atoms with van der Waals surface area (Å²) in [6.45, 7) is 25.0. The Labute approximate surface area is 352 Å². The van der Waals surface area contributed by atoms with Gasteiger partial charge in [0.05, 0.1) is 5.69 Å². The number of aryl methyl sites for hydroxylation is 1. The third kappa shape index (κ3) is 6.56. The van der Waals surface area contributed by atoms with E-state index in [2.05, 4.69) is 230 Å². The lowest BCUT2D eigenvalue weighted by molar-refractivity contribution is 0.590. The van der Waals surface area contributed by atoms with Crippen LogP contribution in [0.25, 0.3) is 0 Å². The van der Waals surface area contributed by atoms with Gasteiger partial charge in [-0.15, -0.1) is 0 Å². The van der Waals surface area contributed by atoms with Crippen molar-refractivity contribution in [2.45, 2.75) is 92.4 Å². The molecule has 5 heteroatoms. The molecule has 0 aliphatic carbocycles. The van der Waals surface area contributed by atoms with Gasteiger partial charge in [-0.05, 0) is 130 Å². The van der Waals surface area contributed by atoms with Gasteiger partial charge < -0.3 is 14.2 Å². The Morgan fingerprint density at radius 1 is 0.492 bits per heavy atom. The first-order valence-electron chi connectivity index (χ1n) is 21.1. The molecule has 0 fully saturated rings. The Balaban J connectivity index is 1.37. The molecule has 0 unspecified atom stereocenters. The molecule has 296 valence electrons. The van der Waals surface area contributed by atoms with Crippen molar-refractivity contribution in [3.63, 3.8) is 0 Å². The number of hydrogen-bond acceptors (Lipinski definition) is 4. The van der Waals surface area contributed by atoms with Gasteiger partial charge in [-0.25, -0.2) is 0 Å². The number of rotatable bonds is 5. The molecular formula is C54H56BN3O. The van der Waals surface area contributed by atoms with E-state index >= 15 is 0 Å². The fourth-order valence-corrected chi connectivity index (χ4v) is 9.07. The molecule has 0 radical (unpaired) electrons. The molecule has 2 aliphatic heterocycles. The van der Waals surface area contributed by atoms with Gasteiger partial charge in [-0.1, -0.05) is 135 Å². The Hall–Kier alpha value is -5.94. The summed E-state index contributed by atoms with van der Waals surface area (Å²) in [4.78, 5) is 7.27.